The number of ketones is 1. The Morgan fingerprint density at radius 1 is 0.789 bits per heavy atom. The Hall–Kier alpha value is -3.24. The molecule has 2 amide bonds. The van der Waals surface area contributed by atoms with E-state index in [-0.39, 0.29) is 75.7 Å². The first kappa shape index (κ1) is 43.3. The standard InChI is InChI=1S/C47H70N2O8/c1-42(2)36-19-22-47(7)40(45(36,5)21-20-37(42)51)35(50)29-33-34-30-44(4,24-23-43(34,3)25-26-46(33,47)6)41(54)57-28-12-27-56-32-17-15-31(16-18-32)48-38(52)13-10-8-9-11-14-39(53)49-55/h15-18,29,34,36-37,40,51,55H,8-14,19-28,30H2,1-7H3,(H,48,52)(H,49,53)/t34-,36-,37-,40+,43+,44-,45-,46+,47+/m0/s1. The zero-order chi connectivity index (χ0) is 41.4. The van der Waals surface area contributed by atoms with Crippen LogP contribution in [0.2, 0.25) is 0 Å². The highest BCUT2D eigenvalue weighted by Crippen LogP contribution is 2.75. The Bertz CT molecular complexity index is 1710. The van der Waals surface area contributed by atoms with Gasteiger partial charge in [0.2, 0.25) is 11.8 Å². The molecular weight excluding hydrogens is 721 g/mol. The highest BCUT2D eigenvalue weighted by molar-refractivity contribution is 5.96. The van der Waals surface area contributed by atoms with Crippen molar-refractivity contribution in [3.8, 4) is 5.75 Å². The van der Waals surface area contributed by atoms with E-state index in [1.165, 1.54) is 5.57 Å². The zero-order valence-corrected chi connectivity index (χ0v) is 35.8. The van der Waals surface area contributed by atoms with E-state index in [1.807, 2.05) is 12.1 Å². The van der Waals surface area contributed by atoms with Crippen LogP contribution in [0.3, 0.4) is 0 Å². The van der Waals surface area contributed by atoms with E-state index >= 15 is 0 Å². The minimum atomic E-state index is -0.628. The molecule has 4 saturated carbocycles. The Morgan fingerprint density at radius 3 is 2.14 bits per heavy atom. The lowest BCUT2D eigenvalue weighted by molar-refractivity contribution is -0.202. The van der Waals surface area contributed by atoms with E-state index in [9.17, 15) is 24.3 Å². The summed E-state index contributed by atoms with van der Waals surface area (Å²) < 4.78 is 11.9. The van der Waals surface area contributed by atoms with Gasteiger partial charge in [0.15, 0.2) is 5.78 Å². The first-order valence-corrected chi connectivity index (χ1v) is 21.9. The van der Waals surface area contributed by atoms with Crippen LogP contribution < -0.4 is 15.5 Å². The number of unbranched alkanes of at least 4 members (excludes halogenated alkanes) is 3. The van der Waals surface area contributed by atoms with Crippen molar-refractivity contribution in [1.82, 2.24) is 5.48 Å². The summed E-state index contributed by atoms with van der Waals surface area (Å²) in [6.07, 6.45) is 14.2. The van der Waals surface area contributed by atoms with Gasteiger partial charge < -0.3 is 19.9 Å². The average molecular weight is 791 g/mol. The minimum absolute atomic E-state index is 0.0435. The van der Waals surface area contributed by atoms with Crippen molar-refractivity contribution >= 4 is 29.3 Å². The maximum atomic E-state index is 14.6. The number of amides is 2. The van der Waals surface area contributed by atoms with Crippen LogP contribution in [-0.4, -0.2) is 53.2 Å². The van der Waals surface area contributed by atoms with Crippen LogP contribution in [0, 0.1) is 50.2 Å². The molecule has 0 aliphatic heterocycles. The normalized spacial score (nSPS) is 36.6. The van der Waals surface area contributed by atoms with Gasteiger partial charge >= 0.3 is 5.97 Å². The smallest absolute Gasteiger partial charge is 0.311 e. The summed E-state index contributed by atoms with van der Waals surface area (Å²) in [5.41, 5.74) is 2.34. The number of esters is 1. The summed E-state index contributed by atoms with van der Waals surface area (Å²) in [5, 5.41) is 22.5. The topological polar surface area (TPSA) is 151 Å². The molecule has 0 aromatic heterocycles. The van der Waals surface area contributed by atoms with Crippen molar-refractivity contribution in [3.63, 3.8) is 0 Å². The number of rotatable bonds is 14. The molecule has 4 N–H and O–H groups in total. The van der Waals surface area contributed by atoms with E-state index in [1.54, 1.807) is 17.6 Å². The lowest BCUT2D eigenvalue weighted by Gasteiger charge is -2.70. The second-order valence-corrected chi connectivity index (χ2v) is 20.5. The molecule has 1 aromatic rings. The second kappa shape index (κ2) is 16.4. The molecule has 0 bridgehead atoms. The number of hydroxylamine groups is 1. The van der Waals surface area contributed by atoms with E-state index < -0.39 is 11.3 Å². The van der Waals surface area contributed by atoms with Crippen LogP contribution in [0.15, 0.2) is 35.9 Å². The SMILES string of the molecule is CC1(C)[C@@H](O)CC[C@]2(C)[C@H]3C(=O)C=C4[C@@H]5C[C@@](C)(C(=O)OCCCOc6ccc(NC(=O)CCCCCCC(=O)NO)cc6)CC[C@]5(C)CC[C@@]4(C)[C@]3(C)CC[C@@H]12. The van der Waals surface area contributed by atoms with Gasteiger partial charge in [0.05, 0.1) is 24.7 Å². The third-order valence-electron chi connectivity index (χ3n) is 16.7. The number of hydrogen-bond acceptors (Lipinski definition) is 8. The highest BCUT2D eigenvalue weighted by Gasteiger charge is 2.70. The first-order chi connectivity index (χ1) is 26.8. The van der Waals surface area contributed by atoms with Gasteiger partial charge in [-0.25, -0.2) is 5.48 Å². The molecule has 6 rings (SSSR count). The third kappa shape index (κ3) is 8.07. The first-order valence-electron chi connectivity index (χ1n) is 21.9. The molecule has 4 fully saturated rings. The lowest BCUT2D eigenvalue weighted by atomic mass is 9.33. The van der Waals surface area contributed by atoms with Gasteiger partial charge in [0.25, 0.3) is 0 Å². The summed E-state index contributed by atoms with van der Waals surface area (Å²) in [6.45, 7) is 16.7. The molecule has 0 radical (unpaired) electrons. The van der Waals surface area contributed by atoms with Gasteiger partial charge in [0, 0.05) is 30.9 Å². The van der Waals surface area contributed by atoms with E-state index in [0.717, 1.165) is 70.6 Å². The van der Waals surface area contributed by atoms with Crippen molar-refractivity contribution in [2.75, 3.05) is 18.5 Å². The van der Waals surface area contributed by atoms with Crippen LogP contribution >= 0.6 is 0 Å². The molecule has 5 aliphatic rings. The molecule has 10 nitrogen and oxygen atoms in total. The van der Waals surface area contributed by atoms with Gasteiger partial charge in [-0.3, -0.25) is 24.4 Å². The summed E-state index contributed by atoms with van der Waals surface area (Å²) >= 11 is 0. The highest BCUT2D eigenvalue weighted by atomic mass is 16.5. The number of aliphatic hydroxyl groups is 1. The molecule has 10 heteroatoms. The molecule has 0 heterocycles. The number of hydrogen-bond donors (Lipinski definition) is 4. The number of allylic oxidation sites excluding steroid dienone is 2. The maximum absolute atomic E-state index is 14.6. The van der Waals surface area contributed by atoms with Crippen molar-refractivity contribution in [3.05, 3.63) is 35.9 Å². The predicted molar refractivity (Wildman–Crippen MR) is 219 cm³/mol. The lowest BCUT2D eigenvalue weighted by Crippen LogP contribution is -2.66. The maximum Gasteiger partial charge on any atom is 0.311 e. The van der Waals surface area contributed by atoms with Crippen LogP contribution in [0.5, 0.6) is 5.75 Å². The van der Waals surface area contributed by atoms with E-state index in [0.29, 0.717) is 49.6 Å². The van der Waals surface area contributed by atoms with Gasteiger partial charge in [-0.05, 0) is 147 Å². The third-order valence-corrected chi connectivity index (χ3v) is 16.7. The summed E-state index contributed by atoms with van der Waals surface area (Å²) in [4.78, 5) is 51.9. The number of anilines is 1. The van der Waals surface area contributed by atoms with Gasteiger partial charge in [-0.2, -0.15) is 0 Å². The van der Waals surface area contributed by atoms with Gasteiger partial charge in [-0.15, -0.1) is 0 Å². The quantitative estimate of drug-likeness (QED) is 0.0631. The zero-order valence-electron chi connectivity index (χ0n) is 35.8. The molecule has 57 heavy (non-hydrogen) atoms. The van der Waals surface area contributed by atoms with Crippen molar-refractivity contribution in [1.29, 1.82) is 0 Å². The Morgan fingerprint density at radius 2 is 1.46 bits per heavy atom. The molecule has 9 atom stereocenters. The van der Waals surface area contributed by atoms with Crippen LogP contribution in [-0.2, 0) is 23.9 Å². The number of fused-ring (bicyclic) bond motifs is 7. The van der Waals surface area contributed by atoms with Gasteiger partial charge in [0.1, 0.15) is 5.75 Å². The van der Waals surface area contributed by atoms with Crippen LogP contribution in [0.25, 0.3) is 0 Å². The molecule has 0 saturated heterocycles. The Kier molecular flexibility index (Phi) is 12.5. The fourth-order valence-electron chi connectivity index (χ4n) is 12.8. The number of benzene rings is 1. The van der Waals surface area contributed by atoms with E-state index in [2.05, 4.69) is 59.9 Å². The number of nitrogens with one attached hydrogen (secondary N) is 2. The summed E-state index contributed by atoms with van der Waals surface area (Å²) in [6, 6.07) is 7.23. The molecule has 316 valence electrons. The van der Waals surface area contributed by atoms with Crippen molar-refractivity contribution in [2.45, 2.75) is 157 Å². The van der Waals surface area contributed by atoms with Crippen LogP contribution in [0.4, 0.5) is 5.69 Å². The average Bonchev–Trinajstić information content (AvgIpc) is 3.16. The largest absolute Gasteiger partial charge is 0.493 e. The van der Waals surface area contributed by atoms with Gasteiger partial charge in [-0.1, -0.05) is 60.0 Å². The fourth-order valence-corrected chi connectivity index (χ4v) is 12.8. The van der Waals surface area contributed by atoms with Crippen LogP contribution in [0.1, 0.15) is 151 Å². The number of carbonyl (C=O) groups excluding carboxylic acids is 4. The Labute approximate surface area is 340 Å². The number of carbonyl (C=O) groups is 4. The number of ether oxygens (including phenoxy) is 2. The number of aliphatic hydroxyl groups excluding tert-OH is 1. The minimum Gasteiger partial charge on any atom is -0.493 e. The second-order valence-electron chi connectivity index (χ2n) is 20.5. The molecule has 1 aromatic carbocycles. The van der Waals surface area contributed by atoms with E-state index in [4.69, 9.17) is 14.7 Å². The Balaban J connectivity index is 1.00. The molecule has 0 unspecified atom stereocenters. The fraction of sp³-hybridized carbons (Fsp3) is 0.745. The molecule has 5 aliphatic carbocycles. The predicted octanol–water partition coefficient (Wildman–Crippen LogP) is 9.12. The van der Waals surface area contributed by atoms with Crippen molar-refractivity contribution < 1.29 is 39.0 Å². The molecule has 0 spiro atoms. The monoisotopic (exact) mass is 791 g/mol. The summed E-state index contributed by atoms with van der Waals surface area (Å²) in [5.74, 6) is 0.709. The summed E-state index contributed by atoms with van der Waals surface area (Å²) in [7, 11) is 0. The molecular formula is C47H70N2O8. The van der Waals surface area contributed by atoms with Crippen molar-refractivity contribution in [2.24, 2.45) is 50.2 Å².